The number of nitrogens with one attached hydrogen (secondary N) is 2. The number of para-hydroxylation sites is 1. The number of halogens is 1. The monoisotopic (exact) mass is 532 g/mol. The minimum atomic E-state index is -0.168. The van der Waals surface area contributed by atoms with Gasteiger partial charge in [-0.05, 0) is 61.0 Å². The number of carbonyl (C=O) groups is 2. The average molecular weight is 533 g/mol. The van der Waals surface area contributed by atoms with E-state index in [0.29, 0.717) is 41.2 Å². The first-order valence-electron chi connectivity index (χ1n) is 11.9. The second-order valence-corrected chi connectivity index (χ2v) is 9.85. The van der Waals surface area contributed by atoms with Crippen LogP contribution in [0.2, 0.25) is 5.02 Å². The highest BCUT2D eigenvalue weighted by Gasteiger charge is 2.22. The lowest BCUT2D eigenvalue weighted by Gasteiger charge is -2.16. The smallest absolute Gasteiger partial charge is 0.234 e. The normalized spacial score (nSPS) is 13.1. The van der Waals surface area contributed by atoms with E-state index in [4.69, 9.17) is 11.6 Å². The molecule has 2 N–H and O–H groups in total. The Balaban J connectivity index is 1.27. The van der Waals surface area contributed by atoms with Crippen molar-refractivity contribution in [3.63, 3.8) is 0 Å². The standard InChI is InChI=1S/C27H25ClN6O2S/c28-19-11-13-20(14-12-19)29-17-24-31-32-27(34(24)22-7-2-1-3-8-22)37-18-25(35)30-21-6-4-9-23(16-21)33-15-5-10-26(33)36/h1-4,6-9,11-14,16,29H,5,10,15,17-18H2,(H,30,35). The predicted molar refractivity (Wildman–Crippen MR) is 148 cm³/mol. The first kappa shape index (κ1) is 24.9. The van der Waals surface area contributed by atoms with Crippen molar-refractivity contribution < 1.29 is 9.59 Å². The topological polar surface area (TPSA) is 92.2 Å². The molecule has 1 aliphatic rings. The van der Waals surface area contributed by atoms with E-state index in [2.05, 4.69) is 20.8 Å². The second-order valence-electron chi connectivity index (χ2n) is 8.47. The highest BCUT2D eigenvalue weighted by molar-refractivity contribution is 7.99. The maximum atomic E-state index is 12.8. The lowest BCUT2D eigenvalue weighted by atomic mass is 10.2. The van der Waals surface area contributed by atoms with Crippen LogP contribution in [-0.4, -0.2) is 38.9 Å². The Bertz CT molecular complexity index is 1390. The Hall–Kier alpha value is -3.82. The molecule has 10 heteroatoms. The van der Waals surface area contributed by atoms with Crippen molar-refractivity contribution in [2.45, 2.75) is 24.5 Å². The van der Waals surface area contributed by atoms with Crippen molar-refractivity contribution in [1.29, 1.82) is 0 Å². The fraction of sp³-hybridized carbons (Fsp3) is 0.185. The van der Waals surface area contributed by atoms with Crippen molar-refractivity contribution in [3.8, 4) is 5.69 Å². The van der Waals surface area contributed by atoms with Crippen LogP contribution in [0, 0.1) is 0 Å². The molecule has 0 aliphatic carbocycles. The van der Waals surface area contributed by atoms with Crippen LogP contribution in [-0.2, 0) is 16.1 Å². The number of rotatable bonds is 9. The van der Waals surface area contributed by atoms with Crippen LogP contribution in [0.4, 0.5) is 17.1 Å². The quantitative estimate of drug-likeness (QED) is 0.281. The van der Waals surface area contributed by atoms with Crippen LogP contribution < -0.4 is 15.5 Å². The van der Waals surface area contributed by atoms with Gasteiger partial charge in [0.15, 0.2) is 11.0 Å². The van der Waals surface area contributed by atoms with E-state index < -0.39 is 0 Å². The van der Waals surface area contributed by atoms with Gasteiger partial charge in [-0.3, -0.25) is 14.2 Å². The number of benzene rings is 3. The summed E-state index contributed by atoms with van der Waals surface area (Å²) in [4.78, 5) is 26.6. The summed E-state index contributed by atoms with van der Waals surface area (Å²) in [6.07, 6.45) is 1.41. The third-order valence-electron chi connectivity index (χ3n) is 5.86. The van der Waals surface area contributed by atoms with E-state index in [-0.39, 0.29) is 17.6 Å². The van der Waals surface area contributed by atoms with E-state index in [1.807, 2.05) is 83.4 Å². The summed E-state index contributed by atoms with van der Waals surface area (Å²) in [5.74, 6) is 0.814. The lowest BCUT2D eigenvalue weighted by Crippen LogP contribution is -2.23. The van der Waals surface area contributed by atoms with Crippen molar-refractivity contribution in [3.05, 3.63) is 89.7 Å². The number of nitrogens with zero attached hydrogens (tertiary/aromatic N) is 4. The van der Waals surface area contributed by atoms with Gasteiger partial charge in [0, 0.05) is 40.7 Å². The molecule has 2 amide bonds. The minimum absolute atomic E-state index is 0.112. The molecule has 1 saturated heterocycles. The summed E-state index contributed by atoms with van der Waals surface area (Å²) in [6, 6.07) is 24.6. The average Bonchev–Trinajstić information content (AvgIpc) is 3.53. The highest BCUT2D eigenvalue weighted by atomic mass is 35.5. The van der Waals surface area contributed by atoms with E-state index in [0.717, 1.165) is 23.5 Å². The van der Waals surface area contributed by atoms with Crippen LogP contribution in [0.3, 0.4) is 0 Å². The SMILES string of the molecule is O=C(CSc1nnc(CNc2ccc(Cl)cc2)n1-c1ccccc1)Nc1cccc(N2CCCC2=O)c1. The Morgan fingerprint density at radius 2 is 1.73 bits per heavy atom. The molecule has 188 valence electrons. The van der Waals surface area contributed by atoms with Gasteiger partial charge in [0.2, 0.25) is 11.8 Å². The molecule has 4 aromatic rings. The second kappa shape index (κ2) is 11.5. The van der Waals surface area contributed by atoms with E-state index in [9.17, 15) is 9.59 Å². The number of carbonyl (C=O) groups excluding carboxylic acids is 2. The summed E-state index contributed by atoms with van der Waals surface area (Å²) in [6.45, 7) is 1.15. The van der Waals surface area contributed by atoms with Gasteiger partial charge in [-0.25, -0.2) is 0 Å². The molecule has 5 rings (SSSR count). The van der Waals surface area contributed by atoms with Crippen molar-refractivity contribution in [1.82, 2.24) is 14.8 Å². The molecular formula is C27H25ClN6O2S. The van der Waals surface area contributed by atoms with Gasteiger partial charge in [-0.2, -0.15) is 0 Å². The fourth-order valence-electron chi connectivity index (χ4n) is 4.09. The molecular weight excluding hydrogens is 508 g/mol. The first-order chi connectivity index (χ1) is 18.1. The summed E-state index contributed by atoms with van der Waals surface area (Å²) in [7, 11) is 0. The van der Waals surface area contributed by atoms with Crippen molar-refractivity contribution in [2.75, 3.05) is 27.8 Å². The molecule has 37 heavy (non-hydrogen) atoms. The summed E-state index contributed by atoms with van der Waals surface area (Å²) in [5, 5.41) is 16.3. The zero-order chi connectivity index (χ0) is 25.6. The van der Waals surface area contributed by atoms with Crippen LogP contribution in [0.1, 0.15) is 18.7 Å². The highest BCUT2D eigenvalue weighted by Crippen LogP contribution is 2.26. The number of anilines is 3. The Morgan fingerprint density at radius 1 is 0.946 bits per heavy atom. The largest absolute Gasteiger partial charge is 0.378 e. The first-order valence-corrected chi connectivity index (χ1v) is 13.3. The number of hydrogen-bond acceptors (Lipinski definition) is 6. The minimum Gasteiger partial charge on any atom is -0.378 e. The molecule has 0 saturated carbocycles. The third-order valence-corrected chi connectivity index (χ3v) is 7.04. The molecule has 3 aromatic carbocycles. The molecule has 0 radical (unpaired) electrons. The molecule has 0 bridgehead atoms. The number of amides is 2. The molecule has 0 unspecified atom stereocenters. The van der Waals surface area contributed by atoms with Crippen LogP contribution in [0.15, 0.2) is 84.0 Å². The summed E-state index contributed by atoms with van der Waals surface area (Å²) >= 11 is 7.30. The van der Waals surface area contributed by atoms with Gasteiger partial charge >= 0.3 is 0 Å². The molecule has 0 atom stereocenters. The molecule has 8 nitrogen and oxygen atoms in total. The van der Waals surface area contributed by atoms with Gasteiger partial charge in [0.05, 0.1) is 12.3 Å². The van der Waals surface area contributed by atoms with E-state index in [1.165, 1.54) is 11.8 Å². The molecule has 1 aromatic heterocycles. The maximum absolute atomic E-state index is 12.8. The number of hydrogen-bond donors (Lipinski definition) is 2. The number of thioether (sulfide) groups is 1. The van der Waals surface area contributed by atoms with Crippen molar-refractivity contribution in [2.24, 2.45) is 0 Å². The predicted octanol–water partition coefficient (Wildman–Crippen LogP) is 5.39. The van der Waals surface area contributed by atoms with Gasteiger partial charge < -0.3 is 15.5 Å². The van der Waals surface area contributed by atoms with Crippen LogP contribution >= 0.6 is 23.4 Å². The molecule has 0 spiro atoms. The Labute approximate surface area is 224 Å². The molecule has 1 fully saturated rings. The molecule has 1 aliphatic heterocycles. The summed E-state index contributed by atoms with van der Waals surface area (Å²) in [5.41, 5.74) is 3.28. The fourth-order valence-corrected chi connectivity index (χ4v) is 4.99. The Kier molecular flexibility index (Phi) is 7.72. The molecule has 2 heterocycles. The van der Waals surface area contributed by atoms with Crippen LogP contribution in [0.5, 0.6) is 0 Å². The zero-order valence-corrected chi connectivity index (χ0v) is 21.5. The van der Waals surface area contributed by atoms with E-state index >= 15 is 0 Å². The van der Waals surface area contributed by atoms with Crippen molar-refractivity contribution >= 4 is 52.2 Å². The number of aromatic nitrogens is 3. The zero-order valence-electron chi connectivity index (χ0n) is 19.9. The third kappa shape index (κ3) is 6.12. The lowest BCUT2D eigenvalue weighted by molar-refractivity contribution is -0.117. The van der Waals surface area contributed by atoms with Gasteiger partial charge in [0.25, 0.3) is 0 Å². The van der Waals surface area contributed by atoms with E-state index in [1.54, 1.807) is 4.90 Å². The van der Waals surface area contributed by atoms with Crippen LogP contribution in [0.25, 0.3) is 5.69 Å². The van der Waals surface area contributed by atoms with Gasteiger partial charge in [-0.15, -0.1) is 10.2 Å². The summed E-state index contributed by atoms with van der Waals surface area (Å²) < 4.78 is 1.94. The van der Waals surface area contributed by atoms with Gasteiger partial charge in [0.1, 0.15) is 0 Å². The Morgan fingerprint density at radius 3 is 2.49 bits per heavy atom. The van der Waals surface area contributed by atoms with Gasteiger partial charge in [-0.1, -0.05) is 47.6 Å². The maximum Gasteiger partial charge on any atom is 0.234 e.